The fourth-order valence-electron chi connectivity index (χ4n) is 4.35. The lowest BCUT2D eigenvalue weighted by molar-refractivity contribution is -0.121. The van der Waals surface area contributed by atoms with Crippen molar-refractivity contribution in [3.63, 3.8) is 0 Å². The van der Waals surface area contributed by atoms with Gasteiger partial charge in [-0.25, -0.2) is 0 Å². The van der Waals surface area contributed by atoms with Crippen LogP contribution in [0.4, 0.5) is 0 Å². The first-order chi connectivity index (χ1) is 15.1. The van der Waals surface area contributed by atoms with Crippen molar-refractivity contribution >= 4 is 29.2 Å². The molecule has 2 heterocycles. The van der Waals surface area contributed by atoms with Crippen LogP contribution in [0.25, 0.3) is 27.9 Å². The Morgan fingerprint density at radius 1 is 1.32 bits per heavy atom. The van der Waals surface area contributed by atoms with Gasteiger partial charge in [0.2, 0.25) is 5.91 Å². The molecule has 1 saturated carbocycles. The van der Waals surface area contributed by atoms with Crippen molar-refractivity contribution in [3.05, 3.63) is 60.6 Å². The minimum absolute atomic E-state index is 0.120. The van der Waals surface area contributed by atoms with Crippen LogP contribution in [0, 0.1) is 0 Å². The second-order valence-corrected chi connectivity index (χ2v) is 8.10. The highest BCUT2D eigenvalue weighted by Crippen LogP contribution is 2.30. The molecule has 1 aromatic carbocycles. The van der Waals surface area contributed by atoms with Gasteiger partial charge in [-0.15, -0.1) is 0 Å². The summed E-state index contributed by atoms with van der Waals surface area (Å²) in [5, 5.41) is 4.31. The molecule has 2 N–H and O–H groups in total. The van der Waals surface area contributed by atoms with Gasteiger partial charge in [0.15, 0.2) is 0 Å². The standard InChI is InChI=1S/C25H29N5O/c1-4-25(31)29-20-8-9-21(14-20)30(3)24(16-26-2)19-7-10-22(28-15-19)18-6-5-17-11-12-27-23(17)13-18/h5-7,10-13,15-16,20-21,27H,2,4,8-9,14H2,1,3H3,(H,29,31)/b24-16-/t20-,21+/m0/s1. The molecule has 160 valence electrons. The molecular weight excluding hydrogens is 386 g/mol. The number of fused-ring (bicyclic) bond motifs is 1. The van der Waals surface area contributed by atoms with Crippen molar-refractivity contribution in [3.8, 4) is 11.3 Å². The van der Waals surface area contributed by atoms with Gasteiger partial charge < -0.3 is 15.2 Å². The van der Waals surface area contributed by atoms with Gasteiger partial charge >= 0.3 is 0 Å². The number of aromatic nitrogens is 2. The molecule has 1 aliphatic rings. The number of nitrogens with one attached hydrogen (secondary N) is 2. The number of amides is 1. The first-order valence-electron chi connectivity index (χ1n) is 10.8. The number of carbonyl (C=O) groups excluding carboxylic acids is 1. The fourth-order valence-corrected chi connectivity index (χ4v) is 4.35. The number of pyridine rings is 1. The zero-order valence-electron chi connectivity index (χ0n) is 18.1. The highest BCUT2D eigenvalue weighted by Gasteiger charge is 2.29. The Labute approximate surface area is 183 Å². The highest BCUT2D eigenvalue weighted by atomic mass is 16.1. The molecule has 0 spiro atoms. The second-order valence-electron chi connectivity index (χ2n) is 8.10. The molecule has 3 aromatic rings. The zero-order valence-corrected chi connectivity index (χ0v) is 18.1. The Balaban J connectivity index is 1.51. The van der Waals surface area contributed by atoms with E-state index in [1.807, 2.05) is 25.4 Å². The zero-order chi connectivity index (χ0) is 21.8. The highest BCUT2D eigenvalue weighted by molar-refractivity contribution is 5.84. The maximum Gasteiger partial charge on any atom is 0.219 e. The number of aromatic amines is 1. The van der Waals surface area contributed by atoms with Crippen LogP contribution in [0.3, 0.4) is 0 Å². The van der Waals surface area contributed by atoms with Gasteiger partial charge in [-0.1, -0.05) is 19.1 Å². The average Bonchev–Trinajstić information content (AvgIpc) is 3.46. The van der Waals surface area contributed by atoms with Crippen LogP contribution in [-0.4, -0.2) is 46.6 Å². The normalized spacial score (nSPS) is 18.8. The van der Waals surface area contributed by atoms with Gasteiger partial charge in [-0.05, 0) is 55.6 Å². The summed E-state index contributed by atoms with van der Waals surface area (Å²) in [6.45, 7) is 5.54. The number of nitrogens with zero attached hydrogens (tertiary/aromatic N) is 3. The van der Waals surface area contributed by atoms with Crippen molar-refractivity contribution in [1.82, 2.24) is 20.2 Å². The van der Waals surface area contributed by atoms with Crippen LogP contribution >= 0.6 is 0 Å². The number of hydrogen-bond donors (Lipinski definition) is 2. The molecule has 31 heavy (non-hydrogen) atoms. The van der Waals surface area contributed by atoms with E-state index in [-0.39, 0.29) is 11.9 Å². The summed E-state index contributed by atoms with van der Waals surface area (Å²) in [6.07, 6.45) is 9.11. The quantitative estimate of drug-likeness (QED) is 0.554. The van der Waals surface area contributed by atoms with Gasteiger partial charge in [-0.3, -0.25) is 14.8 Å². The fraction of sp³-hybridized carbons (Fsp3) is 0.320. The van der Waals surface area contributed by atoms with Gasteiger partial charge in [-0.2, -0.15) is 0 Å². The number of H-pyrrole nitrogens is 1. The molecule has 0 radical (unpaired) electrons. The van der Waals surface area contributed by atoms with Crippen molar-refractivity contribution in [2.75, 3.05) is 7.05 Å². The van der Waals surface area contributed by atoms with Crippen molar-refractivity contribution < 1.29 is 4.79 Å². The van der Waals surface area contributed by atoms with E-state index in [0.717, 1.165) is 47.3 Å². The predicted molar refractivity (Wildman–Crippen MR) is 127 cm³/mol. The van der Waals surface area contributed by atoms with Gasteiger partial charge in [0.05, 0.1) is 17.6 Å². The minimum atomic E-state index is 0.120. The summed E-state index contributed by atoms with van der Waals surface area (Å²) in [5.74, 6) is 0.120. The van der Waals surface area contributed by atoms with E-state index >= 15 is 0 Å². The molecule has 0 saturated heterocycles. The first kappa shape index (κ1) is 20.8. The van der Waals surface area contributed by atoms with Crippen LogP contribution in [0.1, 0.15) is 38.2 Å². The third-order valence-electron chi connectivity index (χ3n) is 6.14. The summed E-state index contributed by atoms with van der Waals surface area (Å²) in [7, 11) is 2.08. The lowest BCUT2D eigenvalue weighted by Crippen LogP contribution is -2.35. The molecule has 1 amide bonds. The topological polar surface area (TPSA) is 73.4 Å². The van der Waals surface area contributed by atoms with Crippen molar-refractivity contribution in [2.24, 2.45) is 4.99 Å². The van der Waals surface area contributed by atoms with Crippen molar-refractivity contribution in [2.45, 2.75) is 44.7 Å². The Hall–Kier alpha value is -3.41. The Bertz CT molecular complexity index is 1100. The van der Waals surface area contributed by atoms with E-state index < -0.39 is 0 Å². The Morgan fingerprint density at radius 2 is 2.19 bits per heavy atom. The Morgan fingerprint density at radius 3 is 2.94 bits per heavy atom. The van der Waals surface area contributed by atoms with Crippen LogP contribution in [0.2, 0.25) is 0 Å². The smallest absolute Gasteiger partial charge is 0.219 e. The van der Waals surface area contributed by atoms with Gasteiger partial charge in [0.1, 0.15) is 0 Å². The molecule has 0 aliphatic heterocycles. The van der Waals surface area contributed by atoms with Crippen LogP contribution in [0.15, 0.2) is 60.0 Å². The largest absolute Gasteiger partial charge is 0.370 e. The van der Waals surface area contributed by atoms with E-state index in [9.17, 15) is 4.79 Å². The van der Waals surface area contributed by atoms with Gasteiger partial charge in [0.25, 0.3) is 0 Å². The van der Waals surface area contributed by atoms with Gasteiger partial charge in [0, 0.05) is 54.6 Å². The number of carbonyl (C=O) groups is 1. The van der Waals surface area contributed by atoms with E-state index in [1.54, 1.807) is 6.20 Å². The lowest BCUT2D eigenvalue weighted by Gasteiger charge is -2.29. The summed E-state index contributed by atoms with van der Waals surface area (Å²) >= 11 is 0. The molecule has 6 nitrogen and oxygen atoms in total. The van der Waals surface area contributed by atoms with E-state index in [0.29, 0.717) is 12.5 Å². The SMILES string of the molecule is C=N/C=C(/c1ccc(-c2ccc3cc[nH]c3c2)nc1)N(C)[C@@H]1CC[C@H](NC(=O)CC)C1. The molecule has 0 bridgehead atoms. The van der Waals surface area contributed by atoms with E-state index in [2.05, 4.69) is 64.3 Å². The number of hydrogen-bond acceptors (Lipinski definition) is 4. The third kappa shape index (κ3) is 4.53. The number of benzene rings is 1. The average molecular weight is 416 g/mol. The lowest BCUT2D eigenvalue weighted by atomic mass is 10.1. The van der Waals surface area contributed by atoms with Crippen LogP contribution in [0.5, 0.6) is 0 Å². The molecule has 2 aromatic heterocycles. The summed E-state index contributed by atoms with van der Waals surface area (Å²) in [6, 6.07) is 13.1. The maximum atomic E-state index is 11.7. The molecule has 1 aliphatic carbocycles. The van der Waals surface area contributed by atoms with Crippen molar-refractivity contribution in [1.29, 1.82) is 0 Å². The van der Waals surface area contributed by atoms with Crippen LogP contribution in [-0.2, 0) is 4.79 Å². The van der Waals surface area contributed by atoms with Crippen LogP contribution < -0.4 is 5.32 Å². The minimum Gasteiger partial charge on any atom is -0.370 e. The predicted octanol–water partition coefficient (Wildman–Crippen LogP) is 4.61. The summed E-state index contributed by atoms with van der Waals surface area (Å²) < 4.78 is 0. The molecule has 1 fully saturated rings. The van der Waals surface area contributed by atoms with E-state index in [1.165, 1.54) is 5.39 Å². The number of rotatable bonds is 7. The summed E-state index contributed by atoms with van der Waals surface area (Å²) in [4.78, 5) is 26.0. The first-order valence-corrected chi connectivity index (χ1v) is 10.8. The van der Waals surface area contributed by atoms with E-state index in [4.69, 9.17) is 4.98 Å². The second kappa shape index (κ2) is 9.16. The molecular formula is C25H29N5O. The monoisotopic (exact) mass is 415 g/mol. The molecule has 0 unspecified atom stereocenters. The maximum absolute atomic E-state index is 11.7. The third-order valence-corrected chi connectivity index (χ3v) is 6.14. The molecule has 6 heteroatoms. The Kier molecular flexibility index (Phi) is 6.16. The molecule has 4 rings (SSSR count). The number of aliphatic imine (C=N–C) groups is 1. The molecule has 2 atom stereocenters. The summed E-state index contributed by atoms with van der Waals surface area (Å²) in [5.41, 5.74) is 5.09.